The summed E-state index contributed by atoms with van der Waals surface area (Å²) in [5.41, 5.74) is 0. The van der Waals surface area contributed by atoms with Crippen LogP contribution in [-0.4, -0.2) is 30.7 Å². The van der Waals surface area contributed by atoms with Gasteiger partial charge in [-0.05, 0) is 25.4 Å². The van der Waals surface area contributed by atoms with Gasteiger partial charge in [-0.3, -0.25) is 0 Å². The van der Waals surface area contributed by atoms with Gasteiger partial charge in [-0.25, -0.2) is 4.39 Å². The second-order valence-corrected chi connectivity index (χ2v) is 3.18. The van der Waals surface area contributed by atoms with E-state index in [0.717, 1.165) is 19.5 Å². The average molecular weight is 145 g/mol. The number of likely N-dealkylation sites (tertiary alicyclic amines) is 1. The maximum Gasteiger partial charge on any atom is 0.115 e. The third kappa shape index (κ3) is 1.69. The normalized spacial score (nSPS) is 36.3. The Hall–Kier alpha value is -0.110. The van der Waals surface area contributed by atoms with Crippen LogP contribution in [-0.2, 0) is 0 Å². The number of nitrogens with zero attached hydrogens (tertiary/aromatic N) is 1. The summed E-state index contributed by atoms with van der Waals surface area (Å²) < 4.78 is 13.0. The molecule has 0 N–H and O–H groups in total. The molecule has 1 saturated heterocycles. The molecule has 10 heavy (non-hydrogen) atoms. The zero-order valence-corrected chi connectivity index (χ0v) is 6.81. The Morgan fingerprint density at radius 1 is 1.60 bits per heavy atom. The molecule has 1 unspecified atom stereocenters. The minimum Gasteiger partial charge on any atom is -0.301 e. The first-order valence-electron chi connectivity index (χ1n) is 4.10. The highest BCUT2D eigenvalue weighted by Crippen LogP contribution is 2.18. The van der Waals surface area contributed by atoms with Crippen LogP contribution >= 0.6 is 0 Å². The zero-order valence-electron chi connectivity index (χ0n) is 6.81. The van der Waals surface area contributed by atoms with Crippen LogP contribution in [0.3, 0.4) is 0 Å². The molecule has 0 aromatic rings. The van der Waals surface area contributed by atoms with Crippen molar-refractivity contribution in [1.29, 1.82) is 0 Å². The Balaban J connectivity index is 2.33. The minimum atomic E-state index is -0.589. The van der Waals surface area contributed by atoms with Crippen LogP contribution in [0.5, 0.6) is 0 Å². The highest BCUT2D eigenvalue weighted by Gasteiger charge is 2.24. The van der Waals surface area contributed by atoms with Gasteiger partial charge in [0.1, 0.15) is 6.17 Å². The van der Waals surface area contributed by atoms with Gasteiger partial charge in [-0.2, -0.15) is 0 Å². The second kappa shape index (κ2) is 3.33. The predicted octanol–water partition coefficient (Wildman–Crippen LogP) is 1.69. The van der Waals surface area contributed by atoms with Crippen LogP contribution in [0, 0.1) is 5.92 Å². The summed E-state index contributed by atoms with van der Waals surface area (Å²) in [6, 6.07) is 0. The third-order valence-electron chi connectivity index (χ3n) is 2.40. The summed E-state index contributed by atoms with van der Waals surface area (Å²) >= 11 is 0. The summed E-state index contributed by atoms with van der Waals surface area (Å²) in [5.74, 6) is 0.280. The molecule has 0 aromatic carbocycles. The standard InChI is InChI=1S/C8H16FN/c1-3-10-5-4-7(2)8(9)6-10/h7-8H,3-6H2,1-2H3/t7?,8-/m0/s1. The van der Waals surface area contributed by atoms with E-state index in [2.05, 4.69) is 11.8 Å². The van der Waals surface area contributed by atoms with Crippen LogP contribution in [0.2, 0.25) is 0 Å². The van der Waals surface area contributed by atoms with Gasteiger partial charge < -0.3 is 4.90 Å². The van der Waals surface area contributed by atoms with Crippen molar-refractivity contribution < 1.29 is 4.39 Å². The van der Waals surface area contributed by atoms with E-state index < -0.39 is 6.17 Å². The molecule has 0 saturated carbocycles. The number of halogens is 1. The number of hydrogen-bond acceptors (Lipinski definition) is 1. The smallest absolute Gasteiger partial charge is 0.115 e. The summed E-state index contributed by atoms with van der Waals surface area (Å²) in [6.07, 6.45) is 0.434. The van der Waals surface area contributed by atoms with Crippen molar-refractivity contribution in [2.45, 2.75) is 26.4 Å². The van der Waals surface area contributed by atoms with Gasteiger partial charge in [-0.1, -0.05) is 13.8 Å². The van der Waals surface area contributed by atoms with Crippen molar-refractivity contribution in [2.75, 3.05) is 19.6 Å². The summed E-state index contributed by atoms with van der Waals surface area (Å²) in [5, 5.41) is 0. The number of alkyl halides is 1. The first-order chi connectivity index (χ1) is 4.74. The molecule has 0 aliphatic carbocycles. The Kier molecular flexibility index (Phi) is 2.66. The van der Waals surface area contributed by atoms with Crippen molar-refractivity contribution in [3.05, 3.63) is 0 Å². The number of rotatable bonds is 1. The van der Waals surface area contributed by atoms with E-state index in [-0.39, 0.29) is 5.92 Å². The fourth-order valence-electron chi connectivity index (χ4n) is 1.37. The van der Waals surface area contributed by atoms with Gasteiger partial charge >= 0.3 is 0 Å². The van der Waals surface area contributed by atoms with E-state index in [1.807, 2.05) is 6.92 Å². The highest BCUT2D eigenvalue weighted by atomic mass is 19.1. The van der Waals surface area contributed by atoms with E-state index in [1.54, 1.807) is 0 Å². The molecule has 1 aliphatic rings. The molecule has 1 rings (SSSR count). The SMILES string of the molecule is CCN1CCC(C)[C@@H](F)C1. The molecular formula is C8H16FN. The topological polar surface area (TPSA) is 3.24 Å². The molecule has 1 nitrogen and oxygen atoms in total. The van der Waals surface area contributed by atoms with Crippen molar-refractivity contribution in [1.82, 2.24) is 4.90 Å². The molecule has 0 amide bonds. The van der Waals surface area contributed by atoms with Crippen molar-refractivity contribution in [2.24, 2.45) is 5.92 Å². The third-order valence-corrected chi connectivity index (χ3v) is 2.40. The lowest BCUT2D eigenvalue weighted by atomic mass is 9.97. The first kappa shape index (κ1) is 7.99. The molecule has 0 radical (unpaired) electrons. The van der Waals surface area contributed by atoms with Gasteiger partial charge in [0.2, 0.25) is 0 Å². The largest absolute Gasteiger partial charge is 0.301 e. The quantitative estimate of drug-likeness (QED) is 0.542. The first-order valence-corrected chi connectivity index (χ1v) is 4.10. The Morgan fingerprint density at radius 2 is 2.30 bits per heavy atom. The number of hydrogen-bond donors (Lipinski definition) is 0. The molecule has 0 aromatic heterocycles. The molecule has 0 bridgehead atoms. The van der Waals surface area contributed by atoms with Gasteiger partial charge in [0.25, 0.3) is 0 Å². The molecule has 0 spiro atoms. The Labute approximate surface area is 62.2 Å². The molecule has 1 fully saturated rings. The predicted molar refractivity (Wildman–Crippen MR) is 40.8 cm³/mol. The number of piperidine rings is 1. The summed E-state index contributed by atoms with van der Waals surface area (Å²) in [7, 11) is 0. The van der Waals surface area contributed by atoms with Gasteiger partial charge in [0, 0.05) is 6.54 Å². The molecule has 1 aliphatic heterocycles. The highest BCUT2D eigenvalue weighted by molar-refractivity contribution is 4.76. The van der Waals surface area contributed by atoms with Crippen molar-refractivity contribution in [3.8, 4) is 0 Å². The molecule has 1 heterocycles. The minimum absolute atomic E-state index is 0.280. The van der Waals surface area contributed by atoms with Gasteiger partial charge in [0.05, 0.1) is 0 Å². The van der Waals surface area contributed by atoms with Crippen LogP contribution in [0.4, 0.5) is 4.39 Å². The molecule has 2 heteroatoms. The lowest BCUT2D eigenvalue weighted by Gasteiger charge is -2.31. The maximum atomic E-state index is 13.0. The van der Waals surface area contributed by atoms with E-state index >= 15 is 0 Å². The maximum absolute atomic E-state index is 13.0. The van der Waals surface area contributed by atoms with Crippen molar-refractivity contribution >= 4 is 0 Å². The van der Waals surface area contributed by atoms with Gasteiger partial charge in [0.15, 0.2) is 0 Å². The van der Waals surface area contributed by atoms with E-state index in [0.29, 0.717) is 6.54 Å². The second-order valence-electron chi connectivity index (χ2n) is 3.18. The van der Waals surface area contributed by atoms with E-state index in [4.69, 9.17) is 0 Å². The van der Waals surface area contributed by atoms with Crippen LogP contribution in [0.15, 0.2) is 0 Å². The summed E-state index contributed by atoms with van der Waals surface area (Å²) in [6.45, 7) is 6.81. The monoisotopic (exact) mass is 145 g/mol. The summed E-state index contributed by atoms with van der Waals surface area (Å²) in [4.78, 5) is 2.17. The molecule has 2 atom stereocenters. The Bertz CT molecular complexity index is 105. The van der Waals surface area contributed by atoms with Crippen LogP contribution < -0.4 is 0 Å². The Morgan fingerprint density at radius 3 is 2.80 bits per heavy atom. The fourth-order valence-corrected chi connectivity index (χ4v) is 1.37. The molecular weight excluding hydrogens is 129 g/mol. The fraction of sp³-hybridized carbons (Fsp3) is 1.00. The van der Waals surface area contributed by atoms with E-state index in [1.165, 1.54) is 0 Å². The van der Waals surface area contributed by atoms with Crippen LogP contribution in [0.1, 0.15) is 20.3 Å². The zero-order chi connectivity index (χ0) is 7.56. The van der Waals surface area contributed by atoms with E-state index in [9.17, 15) is 4.39 Å². The lowest BCUT2D eigenvalue weighted by molar-refractivity contribution is 0.0975. The lowest BCUT2D eigenvalue weighted by Crippen LogP contribution is -2.40. The van der Waals surface area contributed by atoms with Gasteiger partial charge in [-0.15, -0.1) is 0 Å². The van der Waals surface area contributed by atoms with Crippen molar-refractivity contribution in [3.63, 3.8) is 0 Å². The van der Waals surface area contributed by atoms with Crippen LogP contribution in [0.25, 0.3) is 0 Å². The molecule has 60 valence electrons. The average Bonchev–Trinajstić information content (AvgIpc) is 1.95.